The van der Waals surface area contributed by atoms with Crippen LogP contribution in [-0.2, 0) is 11.8 Å². The summed E-state index contributed by atoms with van der Waals surface area (Å²) in [4.78, 5) is 19.4. The number of carbonyl (C=O) groups excluding carboxylic acids is 1. The summed E-state index contributed by atoms with van der Waals surface area (Å²) >= 11 is 0. The molecule has 7 nitrogen and oxygen atoms in total. The lowest BCUT2D eigenvalue weighted by Gasteiger charge is -2.29. The van der Waals surface area contributed by atoms with Gasteiger partial charge in [-0.1, -0.05) is 0 Å². The molecule has 0 unspecified atom stereocenters. The highest BCUT2D eigenvalue weighted by molar-refractivity contribution is 6.07. The molecular weight excluding hydrogens is 294 g/mol. The number of pyridine rings is 1. The zero-order valence-corrected chi connectivity index (χ0v) is 13.7. The molecule has 1 N–H and O–H groups in total. The van der Waals surface area contributed by atoms with Crippen LogP contribution < -0.4 is 10.2 Å². The molecule has 1 amide bonds. The molecule has 7 heteroatoms. The van der Waals surface area contributed by atoms with E-state index in [1.807, 2.05) is 32.0 Å². The van der Waals surface area contributed by atoms with Crippen molar-refractivity contribution in [3.05, 3.63) is 35.2 Å². The Bertz CT molecular complexity index is 719. The molecule has 3 heterocycles. The van der Waals surface area contributed by atoms with E-state index in [1.54, 1.807) is 11.7 Å². The zero-order chi connectivity index (χ0) is 16.4. The second-order valence-electron chi connectivity index (χ2n) is 5.67. The fourth-order valence-corrected chi connectivity index (χ4v) is 2.65. The van der Waals surface area contributed by atoms with Crippen LogP contribution >= 0.6 is 0 Å². The SMILES string of the molecule is Cc1ccc(C(=O)Nc2cc(C)nn2C)c(N2CCOCC2)n1. The van der Waals surface area contributed by atoms with E-state index in [9.17, 15) is 4.79 Å². The molecule has 1 saturated heterocycles. The number of aryl methyl sites for hydroxylation is 3. The predicted molar refractivity (Wildman–Crippen MR) is 87.9 cm³/mol. The largest absolute Gasteiger partial charge is 0.378 e. The quantitative estimate of drug-likeness (QED) is 0.930. The maximum Gasteiger partial charge on any atom is 0.260 e. The molecule has 23 heavy (non-hydrogen) atoms. The number of ether oxygens (including phenoxy) is 1. The van der Waals surface area contributed by atoms with Crippen LogP contribution in [-0.4, -0.2) is 47.0 Å². The van der Waals surface area contributed by atoms with Crippen molar-refractivity contribution in [2.75, 3.05) is 36.5 Å². The fourth-order valence-electron chi connectivity index (χ4n) is 2.65. The Morgan fingerprint density at radius 2 is 1.96 bits per heavy atom. The highest BCUT2D eigenvalue weighted by atomic mass is 16.5. The van der Waals surface area contributed by atoms with E-state index in [2.05, 4.69) is 20.3 Å². The van der Waals surface area contributed by atoms with Gasteiger partial charge >= 0.3 is 0 Å². The molecule has 0 aliphatic carbocycles. The van der Waals surface area contributed by atoms with Gasteiger partial charge < -0.3 is 15.0 Å². The number of hydrogen-bond acceptors (Lipinski definition) is 5. The minimum absolute atomic E-state index is 0.179. The molecule has 0 bridgehead atoms. The first-order chi connectivity index (χ1) is 11.0. The third-order valence-corrected chi connectivity index (χ3v) is 3.81. The molecule has 122 valence electrons. The molecule has 1 aliphatic rings. The second-order valence-corrected chi connectivity index (χ2v) is 5.67. The Kier molecular flexibility index (Phi) is 4.29. The standard InChI is InChI=1S/C16H21N5O2/c1-11-4-5-13(15(17-11)21-6-8-23-9-7-21)16(22)18-14-10-12(2)19-20(14)3/h4-5,10H,6-9H2,1-3H3,(H,18,22). The van der Waals surface area contributed by atoms with Crippen LogP contribution in [0.4, 0.5) is 11.6 Å². The average molecular weight is 315 g/mol. The van der Waals surface area contributed by atoms with Gasteiger partial charge in [0.15, 0.2) is 0 Å². The van der Waals surface area contributed by atoms with Crippen molar-refractivity contribution in [2.45, 2.75) is 13.8 Å². The van der Waals surface area contributed by atoms with E-state index >= 15 is 0 Å². The van der Waals surface area contributed by atoms with Gasteiger partial charge in [0.2, 0.25) is 0 Å². The Labute approximate surface area is 135 Å². The number of nitrogens with one attached hydrogen (secondary N) is 1. The van der Waals surface area contributed by atoms with Gasteiger partial charge in [-0.2, -0.15) is 5.10 Å². The lowest BCUT2D eigenvalue weighted by atomic mass is 10.2. The van der Waals surface area contributed by atoms with Crippen LogP contribution in [0.3, 0.4) is 0 Å². The van der Waals surface area contributed by atoms with Crippen LogP contribution in [0.1, 0.15) is 21.7 Å². The summed E-state index contributed by atoms with van der Waals surface area (Å²) in [6, 6.07) is 5.52. The summed E-state index contributed by atoms with van der Waals surface area (Å²) in [5.41, 5.74) is 2.31. The minimum Gasteiger partial charge on any atom is -0.378 e. The molecule has 0 radical (unpaired) electrons. The maximum absolute atomic E-state index is 12.7. The normalized spacial score (nSPS) is 14.8. The molecule has 1 aliphatic heterocycles. The topological polar surface area (TPSA) is 72.3 Å². The number of anilines is 2. The predicted octanol–water partition coefficient (Wildman–Crippen LogP) is 1.52. The van der Waals surface area contributed by atoms with Gasteiger partial charge in [-0.05, 0) is 26.0 Å². The van der Waals surface area contributed by atoms with Gasteiger partial charge in [-0.3, -0.25) is 9.48 Å². The van der Waals surface area contributed by atoms with Gasteiger partial charge in [-0.15, -0.1) is 0 Å². The van der Waals surface area contributed by atoms with E-state index in [-0.39, 0.29) is 5.91 Å². The number of aromatic nitrogens is 3. The Balaban J connectivity index is 1.89. The first-order valence-electron chi connectivity index (χ1n) is 7.67. The maximum atomic E-state index is 12.7. The molecule has 2 aromatic heterocycles. The third-order valence-electron chi connectivity index (χ3n) is 3.81. The summed E-state index contributed by atoms with van der Waals surface area (Å²) in [6.07, 6.45) is 0. The molecule has 1 fully saturated rings. The Morgan fingerprint density at radius 3 is 2.61 bits per heavy atom. The number of morpholine rings is 1. The zero-order valence-electron chi connectivity index (χ0n) is 13.7. The Morgan fingerprint density at radius 1 is 1.22 bits per heavy atom. The van der Waals surface area contributed by atoms with Crippen molar-refractivity contribution in [1.29, 1.82) is 0 Å². The summed E-state index contributed by atoms with van der Waals surface area (Å²) < 4.78 is 7.04. The van der Waals surface area contributed by atoms with Gasteiger partial charge in [0.25, 0.3) is 5.91 Å². The fraction of sp³-hybridized carbons (Fsp3) is 0.438. The van der Waals surface area contributed by atoms with Gasteiger partial charge in [-0.25, -0.2) is 4.98 Å². The van der Waals surface area contributed by atoms with E-state index in [0.29, 0.717) is 30.4 Å². The van der Waals surface area contributed by atoms with Crippen molar-refractivity contribution >= 4 is 17.5 Å². The van der Waals surface area contributed by atoms with Gasteiger partial charge in [0.1, 0.15) is 11.6 Å². The van der Waals surface area contributed by atoms with Crippen molar-refractivity contribution in [1.82, 2.24) is 14.8 Å². The highest BCUT2D eigenvalue weighted by Gasteiger charge is 2.21. The van der Waals surface area contributed by atoms with Crippen molar-refractivity contribution in [2.24, 2.45) is 7.05 Å². The van der Waals surface area contributed by atoms with Crippen LogP contribution in [0.15, 0.2) is 18.2 Å². The van der Waals surface area contributed by atoms with E-state index in [4.69, 9.17) is 4.74 Å². The minimum atomic E-state index is -0.179. The van der Waals surface area contributed by atoms with E-state index < -0.39 is 0 Å². The first-order valence-corrected chi connectivity index (χ1v) is 7.67. The van der Waals surface area contributed by atoms with Crippen molar-refractivity contribution < 1.29 is 9.53 Å². The molecular formula is C16H21N5O2. The van der Waals surface area contributed by atoms with Crippen LogP contribution in [0.5, 0.6) is 0 Å². The number of nitrogens with zero attached hydrogens (tertiary/aromatic N) is 4. The van der Waals surface area contributed by atoms with E-state index in [1.165, 1.54) is 0 Å². The summed E-state index contributed by atoms with van der Waals surface area (Å²) in [5, 5.41) is 7.15. The third kappa shape index (κ3) is 3.34. The summed E-state index contributed by atoms with van der Waals surface area (Å²) in [6.45, 7) is 6.59. The first kappa shape index (κ1) is 15.5. The van der Waals surface area contributed by atoms with Crippen molar-refractivity contribution in [3.63, 3.8) is 0 Å². The summed E-state index contributed by atoms with van der Waals surface area (Å²) in [7, 11) is 1.80. The molecule has 0 atom stereocenters. The van der Waals surface area contributed by atoms with Gasteiger partial charge in [0.05, 0.1) is 24.5 Å². The summed E-state index contributed by atoms with van der Waals surface area (Å²) in [5.74, 6) is 1.20. The molecule has 3 rings (SSSR count). The monoisotopic (exact) mass is 315 g/mol. The molecule has 0 spiro atoms. The molecule has 0 aromatic carbocycles. The van der Waals surface area contributed by atoms with Crippen LogP contribution in [0.2, 0.25) is 0 Å². The number of carbonyl (C=O) groups is 1. The highest BCUT2D eigenvalue weighted by Crippen LogP contribution is 2.21. The number of amides is 1. The number of hydrogen-bond donors (Lipinski definition) is 1. The van der Waals surface area contributed by atoms with Gasteiger partial charge in [0, 0.05) is 31.9 Å². The van der Waals surface area contributed by atoms with Crippen LogP contribution in [0, 0.1) is 13.8 Å². The molecule has 2 aromatic rings. The Hall–Kier alpha value is -2.41. The van der Waals surface area contributed by atoms with E-state index in [0.717, 1.165) is 24.5 Å². The lowest BCUT2D eigenvalue weighted by Crippen LogP contribution is -2.38. The second kappa shape index (κ2) is 6.37. The van der Waals surface area contributed by atoms with Crippen molar-refractivity contribution in [3.8, 4) is 0 Å². The lowest BCUT2D eigenvalue weighted by molar-refractivity contribution is 0.102. The smallest absolute Gasteiger partial charge is 0.260 e. The molecule has 0 saturated carbocycles. The van der Waals surface area contributed by atoms with Crippen LogP contribution in [0.25, 0.3) is 0 Å². The average Bonchev–Trinajstić information content (AvgIpc) is 2.85. The number of rotatable bonds is 3.